The Balaban J connectivity index is 1.33. The van der Waals surface area contributed by atoms with Crippen LogP contribution in [0, 0.1) is 0 Å². The lowest BCUT2D eigenvalue weighted by Gasteiger charge is -2.43. The molecular weight excluding hydrogens is 667 g/mol. The number of hydrogen-bond acceptors (Lipinski definition) is 2. The molecule has 0 unspecified atom stereocenters. The Morgan fingerprint density at radius 3 is 1.91 bits per heavy atom. The first-order valence-electron chi connectivity index (χ1n) is 19.8. The van der Waals surface area contributed by atoms with E-state index < -0.39 is 0 Å². The number of hydrogen-bond donors (Lipinski definition) is 0. The molecule has 0 saturated carbocycles. The van der Waals surface area contributed by atoms with E-state index in [0.717, 1.165) is 39.7 Å². The van der Waals surface area contributed by atoms with Crippen LogP contribution >= 0.6 is 0 Å². The van der Waals surface area contributed by atoms with Gasteiger partial charge < -0.3 is 9.32 Å². The topological polar surface area (TPSA) is 16.4 Å². The molecule has 2 heteroatoms. The maximum Gasteiger partial charge on any atom is 0.137 e. The largest absolute Gasteiger partial charge is 0.456 e. The van der Waals surface area contributed by atoms with E-state index in [1.807, 2.05) is 0 Å². The molecule has 0 bridgehead atoms. The van der Waals surface area contributed by atoms with Crippen molar-refractivity contribution in [2.75, 3.05) is 4.90 Å². The lowest BCUT2D eigenvalue weighted by molar-refractivity contribution is 0.333. The summed E-state index contributed by atoms with van der Waals surface area (Å²) >= 11 is 0. The number of nitrogens with zero attached hydrogens (tertiary/aromatic N) is 1. The lowest BCUT2D eigenvalue weighted by Crippen LogP contribution is -2.34. The van der Waals surface area contributed by atoms with E-state index in [0.29, 0.717) is 0 Å². The normalized spacial score (nSPS) is 16.1. The average molecular weight is 714 g/mol. The van der Waals surface area contributed by atoms with Crippen LogP contribution in [-0.4, -0.2) is 0 Å². The van der Waals surface area contributed by atoms with Crippen molar-refractivity contribution in [2.24, 2.45) is 0 Å². The number of furan rings is 1. The predicted molar refractivity (Wildman–Crippen MR) is 232 cm³/mol. The third-order valence-electron chi connectivity index (χ3n) is 12.9. The second kappa shape index (κ2) is 12.1. The summed E-state index contributed by atoms with van der Waals surface area (Å²) in [5.74, 6) is 0. The van der Waals surface area contributed by atoms with Gasteiger partial charge in [0.1, 0.15) is 11.2 Å². The van der Waals surface area contributed by atoms with Gasteiger partial charge in [-0.2, -0.15) is 0 Å². The van der Waals surface area contributed by atoms with Crippen LogP contribution in [0.25, 0.3) is 55.3 Å². The van der Waals surface area contributed by atoms with E-state index >= 15 is 0 Å². The Morgan fingerprint density at radius 1 is 0.455 bits per heavy atom. The summed E-state index contributed by atoms with van der Waals surface area (Å²) < 4.78 is 6.55. The van der Waals surface area contributed by atoms with Gasteiger partial charge in [-0.25, -0.2) is 0 Å². The SMILES string of the molecule is CC1(C)CCC(C)(C)c2c(-c3cc4c(cc3N(c3ccc(-c5ccccc5)cc3)c3cccc5oc6ccccc6c35)C(C)(C)c3ccccc3-4)cccc21. The molecule has 1 heterocycles. The third-order valence-corrected chi connectivity index (χ3v) is 12.9. The zero-order valence-corrected chi connectivity index (χ0v) is 32.7. The molecule has 1 aromatic heterocycles. The molecule has 0 saturated heterocycles. The monoisotopic (exact) mass is 713 g/mol. The van der Waals surface area contributed by atoms with E-state index in [4.69, 9.17) is 4.42 Å². The Hall–Kier alpha value is -5.86. The average Bonchev–Trinajstić information content (AvgIpc) is 3.69. The molecular formula is C53H47NO. The summed E-state index contributed by atoms with van der Waals surface area (Å²) in [7, 11) is 0. The van der Waals surface area contributed by atoms with E-state index in [1.165, 1.54) is 67.7 Å². The smallest absolute Gasteiger partial charge is 0.137 e. The highest BCUT2D eigenvalue weighted by Gasteiger charge is 2.41. The summed E-state index contributed by atoms with van der Waals surface area (Å²) in [5, 5.41) is 2.24. The fourth-order valence-corrected chi connectivity index (χ4v) is 9.88. The standard InChI is InChI=1S/C53H47NO/c1-51(2)30-31-52(3,4)50-38(20-14-22-43(50)51)41-32-40-37-18-10-12-21-42(37)53(5,6)44(40)33-46(41)54(36-28-26-35(27-29-36)34-16-8-7-9-17-34)45-23-15-25-48-49(45)39-19-11-13-24-47(39)55-48/h7-29,32-33H,30-31H2,1-6H3. The maximum absolute atomic E-state index is 6.55. The van der Waals surface area contributed by atoms with Crippen molar-refractivity contribution < 1.29 is 4.42 Å². The second-order valence-electron chi connectivity index (χ2n) is 17.6. The van der Waals surface area contributed by atoms with Gasteiger partial charge >= 0.3 is 0 Å². The van der Waals surface area contributed by atoms with Crippen LogP contribution < -0.4 is 4.90 Å². The summed E-state index contributed by atoms with van der Waals surface area (Å²) in [4.78, 5) is 2.52. The first-order chi connectivity index (χ1) is 26.5. The Morgan fingerprint density at radius 2 is 1.09 bits per heavy atom. The zero-order chi connectivity index (χ0) is 37.7. The first kappa shape index (κ1) is 33.7. The Kier molecular flexibility index (Phi) is 7.39. The van der Waals surface area contributed by atoms with Gasteiger partial charge in [0.25, 0.3) is 0 Å². The van der Waals surface area contributed by atoms with Crippen LogP contribution in [0.2, 0.25) is 0 Å². The molecule has 2 aliphatic carbocycles. The van der Waals surface area contributed by atoms with Gasteiger partial charge in [-0.15, -0.1) is 0 Å². The number of benzene rings is 7. The molecule has 55 heavy (non-hydrogen) atoms. The van der Waals surface area contributed by atoms with E-state index in [1.54, 1.807) is 0 Å². The van der Waals surface area contributed by atoms with Gasteiger partial charge in [0.2, 0.25) is 0 Å². The third kappa shape index (κ3) is 5.14. The minimum Gasteiger partial charge on any atom is -0.456 e. The van der Waals surface area contributed by atoms with Crippen molar-refractivity contribution in [3.8, 4) is 33.4 Å². The van der Waals surface area contributed by atoms with Gasteiger partial charge in [-0.05, 0) is 116 Å². The molecule has 0 atom stereocenters. The maximum atomic E-state index is 6.55. The number of fused-ring (bicyclic) bond motifs is 7. The van der Waals surface area contributed by atoms with Gasteiger partial charge in [-0.1, -0.05) is 151 Å². The van der Waals surface area contributed by atoms with Crippen LogP contribution in [0.1, 0.15) is 76.6 Å². The van der Waals surface area contributed by atoms with Crippen molar-refractivity contribution in [3.63, 3.8) is 0 Å². The molecule has 2 nitrogen and oxygen atoms in total. The zero-order valence-electron chi connectivity index (χ0n) is 32.7. The molecule has 10 rings (SSSR count). The van der Waals surface area contributed by atoms with Crippen LogP contribution in [0.5, 0.6) is 0 Å². The van der Waals surface area contributed by atoms with Gasteiger partial charge in [0, 0.05) is 22.1 Å². The van der Waals surface area contributed by atoms with Gasteiger partial charge in [0.15, 0.2) is 0 Å². The molecule has 0 radical (unpaired) electrons. The minimum absolute atomic E-state index is 0.0118. The molecule has 8 aromatic rings. The fourth-order valence-electron chi connectivity index (χ4n) is 9.88. The van der Waals surface area contributed by atoms with Crippen molar-refractivity contribution in [3.05, 3.63) is 174 Å². The predicted octanol–water partition coefficient (Wildman–Crippen LogP) is 15.0. The quantitative estimate of drug-likeness (QED) is 0.177. The van der Waals surface area contributed by atoms with Crippen LogP contribution in [0.15, 0.2) is 156 Å². The molecule has 0 N–H and O–H groups in total. The Bertz CT molecular complexity index is 2780. The van der Waals surface area contributed by atoms with E-state index in [9.17, 15) is 0 Å². The number of para-hydroxylation sites is 1. The lowest BCUT2D eigenvalue weighted by atomic mass is 9.61. The summed E-state index contributed by atoms with van der Waals surface area (Å²) in [6.07, 6.45) is 2.32. The summed E-state index contributed by atoms with van der Waals surface area (Å²) in [6, 6.07) is 56.0. The second-order valence-corrected chi connectivity index (χ2v) is 17.6. The molecule has 7 aromatic carbocycles. The molecule has 2 aliphatic rings. The van der Waals surface area contributed by atoms with E-state index in [2.05, 4.69) is 198 Å². The van der Waals surface area contributed by atoms with Crippen LogP contribution in [0.3, 0.4) is 0 Å². The van der Waals surface area contributed by atoms with Crippen molar-refractivity contribution in [1.82, 2.24) is 0 Å². The molecule has 0 spiro atoms. The number of rotatable bonds is 5. The summed E-state index contributed by atoms with van der Waals surface area (Å²) in [6.45, 7) is 14.5. The van der Waals surface area contributed by atoms with Gasteiger partial charge in [0.05, 0.1) is 16.8 Å². The minimum atomic E-state index is -0.173. The summed E-state index contributed by atoms with van der Waals surface area (Å²) in [5.41, 5.74) is 18.4. The van der Waals surface area contributed by atoms with Gasteiger partial charge in [-0.3, -0.25) is 0 Å². The van der Waals surface area contributed by atoms with Crippen LogP contribution in [0.4, 0.5) is 17.1 Å². The molecule has 0 fully saturated rings. The Labute approximate surface area is 325 Å². The van der Waals surface area contributed by atoms with Crippen molar-refractivity contribution >= 4 is 39.0 Å². The van der Waals surface area contributed by atoms with E-state index in [-0.39, 0.29) is 16.2 Å². The molecule has 0 aliphatic heterocycles. The number of anilines is 3. The fraction of sp³-hybridized carbons (Fsp3) is 0.208. The van der Waals surface area contributed by atoms with Crippen molar-refractivity contribution in [1.29, 1.82) is 0 Å². The van der Waals surface area contributed by atoms with Crippen LogP contribution in [-0.2, 0) is 16.2 Å². The molecule has 0 amide bonds. The highest BCUT2D eigenvalue weighted by atomic mass is 16.3. The highest BCUT2D eigenvalue weighted by Crippen LogP contribution is 2.57. The highest BCUT2D eigenvalue weighted by molar-refractivity contribution is 6.14. The molecule has 270 valence electrons. The first-order valence-corrected chi connectivity index (χ1v) is 19.8. The van der Waals surface area contributed by atoms with Crippen molar-refractivity contribution in [2.45, 2.75) is 70.6 Å².